The number of rotatable bonds is 0. The summed E-state index contributed by atoms with van der Waals surface area (Å²) < 4.78 is 5.06. The van der Waals surface area contributed by atoms with E-state index in [1.54, 1.807) is 0 Å². The first-order valence-electron chi connectivity index (χ1n) is 8.59. The van der Waals surface area contributed by atoms with Gasteiger partial charge in [0.05, 0.1) is 7.11 Å². The molecule has 0 spiro atoms. The normalized spacial score (nSPS) is 16.5. The van der Waals surface area contributed by atoms with Crippen LogP contribution in [0, 0.1) is 0 Å². The van der Waals surface area contributed by atoms with Crippen molar-refractivity contribution in [3.63, 3.8) is 0 Å². The predicted molar refractivity (Wildman–Crippen MR) is 95.5 cm³/mol. The maximum atomic E-state index is 12.4. The first-order valence-corrected chi connectivity index (χ1v) is 8.59. The highest BCUT2D eigenvalue weighted by Crippen LogP contribution is 2.47. The van der Waals surface area contributed by atoms with Crippen molar-refractivity contribution in [2.75, 3.05) is 13.7 Å². The lowest BCUT2D eigenvalue weighted by Crippen LogP contribution is -2.31. The summed E-state index contributed by atoms with van der Waals surface area (Å²) in [6.07, 6.45) is 3.94. The Morgan fingerprint density at radius 3 is 2.04 bits per heavy atom. The number of allylic oxidation sites excluding steroid dienone is 1. The number of hydrogen-bond acceptors (Lipinski definition) is 2. The molecule has 122 valence electrons. The van der Waals surface area contributed by atoms with Crippen LogP contribution in [0.3, 0.4) is 0 Å². The Balaban J connectivity index is 1.98. The third-order valence-corrected chi connectivity index (χ3v) is 4.99. The van der Waals surface area contributed by atoms with Gasteiger partial charge in [-0.25, -0.2) is 4.79 Å². The van der Waals surface area contributed by atoms with Crippen LogP contribution in [0.15, 0.2) is 54.2 Å². The van der Waals surface area contributed by atoms with Gasteiger partial charge in [0, 0.05) is 17.8 Å². The smallest absolute Gasteiger partial charge is 0.413 e. The van der Waals surface area contributed by atoms with Crippen LogP contribution >= 0.6 is 0 Å². The molecule has 0 saturated carbocycles. The second-order valence-electron chi connectivity index (χ2n) is 6.35. The monoisotopic (exact) mass is 319 g/mol. The predicted octanol–water partition coefficient (Wildman–Crippen LogP) is 5.07. The van der Waals surface area contributed by atoms with Crippen molar-refractivity contribution in [3.05, 3.63) is 65.4 Å². The van der Waals surface area contributed by atoms with Gasteiger partial charge in [-0.1, -0.05) is 55.0 Å². The molecule has 24 heavy (non-hydrogen) atoms. The summed E-state index contributed by atoms with van der Waals surface area (Å²) in [5, 5.41) is 0. The minimum absolute atomic E-state index is 0.249. The summed E-state index contributed by atoms with van der Waals surface area (Å²) in [5.41, 5.74) is 7.27. The number of nitrogens with zero attached hydrogens (tertiary/aromatic N) is 1. The highest BCUT2D eigenvalue weighted by atomic mass is 16.5. The first-order chi connectivity index (χ1) is 11.8. The van der Waals surface area contributed by atoms with Gasteiger partial charge in [-0.05, 0) is 41.5 Å². The molecule has 1 aliphatic heterocycles. The molecule has 1 aliphatic carbocycles. The van der Waals surface area contributed by atoms with Crippen molar-refractivity contribution >= 4 is 11.7 Å². The van der Waals surface area contributed by atoms with Gasteiger partial charge in [0.15, 0.2) is 0 Å². The summed E-state index contributed by atoms with van der Waals surface area (Å²) >= 11 is 0. The molecule has 1 amide bonds. The minimum Gasteiger partial charge on any atom is -0.452 e. The molecule has 2 aromatic carbocycles. The third kappa shape index (κ3) is 2.32. The van der Waals surface area contributed by atoms with E-state index in [-0.39, 0.29) is 6.09 Å². The number of likely N-dealkylation sites (tertiary alicyclic amines) is 1. The van der Waals surface area contributed by atoms with Crippen molar-refractivity contribution in [2.24, 2.45) is 0 Å². The zero-order valence-electron chi connectivity index (χ0n) is 13.9. The molecule has 1 fully saturated rings. The topological polar surface area (TPSA) is 29.5 Å². The van der Waals surface area contributed by atoms with Gasteiger partial charge in [0.1, 0.15) is 0 Å². The Morgan fingerprint density at radius 2 is 1.46 bits per heavy atom. The van der Waals surface area contributed by atoms with Crippen molar-refractivity contribution in [2.45, 2.75) is 25.7 Å². The van der Waals surface area contributed by atoms with Gasteiger partial charge >= 0.3 is 6.09 Å². The van der Waals surface area contributed by atoms with E-state index < -0.39 is 0 Å². The molecule has 3 nitrogen and oxygen atoms in total. The molecule has 2 aromatic rings. The molecular formula is C21H21NO2. The van der Waals surface area contributed by atoms with Crippen LogP contribution in [0.2, 0.25) is 0 Å². The molecule has 0 aromatic heterocycles. The van der Waals surface area contributed by atoms with E-state index in [1.807, 2.05) is 4.90 Å². The zero-order chi connectivity index (χ0) is 16.5. The largest absolute Gasteiger partial charge is 0.452 e. The summed E-state index contributed by atoms with van der Waals surface area (Å²) in [7, 11) is 1.46. The third-order valence-electron chi connectivity index (χ3n) is 4.99. The second-order valence-corrected chi connectivity index (χ2v) is 6.35. The highest BCUT2D eigenvalue weighted by Gasteiger charge is 2.30. The molecule has 0 unspecified atom stereocenters. The SMILES string of the molecule is COC(=O)N1CCCCCC1=C1c2ccccc2-c2ccccc21. The van der Waals surface area contributed by atoms with Gasteiger partial charge in [0.25, 0.3) is 0 Å². The van der Waals surface area contributed by atoms with Crippen LogP contribution in [-0.4, -0.2) is 24.6 Å². The number of amides is 1. The van der Waals surface area contributed by atoms with E-state index in [0.29, 0.717) is 0 Å². The maximum Gasteiger partial charge on any atom is 0.413 e. The number of fused-ring (bicyclic) bond motifs is 3. The Hall–Kier alpha value is -2.55. The maximum absolute atomic E-state index is 12.4. The molecular weight excluding hydrogens is 298 g/mol. The average Bonchev–Trinajstić information content (AvgIpc) is 2.78. The lowest BCUT2D eigenvalue weighted by Gasteiger charge is -2.24. The number of benzene rings is 2. The van der Waals surface area contributed by atoms with Crippen LogP contribution < -0.4 is 0 Å². The fourth-order valence-corrected chi connectivity index (χ4v) is 3.91. The van der Waals surface area contributed by atoms with E-state index >= 15 is 0 Å². The van der Waals surface area contributed by atoms with E-state index in [4.69, 9.17) is 4.74 Å². The summed E-state index contributed by atoms with van der Waals surface area (Å²) in [5.74, 6) is 0. The molecule has 1 saturated heterocycles. The second kappa shape index (κ2) is 6.16. The van der Waals surface area contributed by atoms with Gasteiger partial charge < -0.3 is 4.74 Å². The molecule has 0 bridgehead atoms. The van der Waals surface area contributed by atoms with Crippen molar-refractivity contribution < 1.29 is 9.53 Å². The Kier molecular flexibility index (Phi) is 3.85. The molecule has 0 radical (unpaired) electrons. The van der Waals surface area contributed by atoms with Crippen LogP contribution in [0.4, 0.5) is 4.79 Å². The van der Waals surface area contributed by atoms with Crippen LogP contribution in [0.1, 0.15) is 36.8 Å². The number of carbonyl (C=O) groups is 1. The van der Waals surface area contributed by atoms with E-state index in [1.165, 1.54) is 34.9 Å². The molecule has 0 atom stereocenters. The van der Waals surface area contributed by atoms with Crippen LogP contribution in [0.5, 0.6) is 0 Å². The van der Waals surface area contributed by atoms with E-state index in [9.17, 15) is 4.79 Å². The van der Waals surface area contributed by atoms with Crippen molar-refractivity contribution in [1.29, 1.82) is 0 Å². The molecule has 2 aliphatic rings. The Morgan fingerprint density at radius 1 is 0.875 bits per heavy atom. The number of ether oxygens (including phenoxy) is 1. The van der Waals surface area contributed by atoms with Crippen molar-refractivity contribution in [3.8, 4) is 11.1 Å². The lowest BCUT2D eigenvalue weighted by molar-refractivity contribution is 0.136. The summed E-state index contributed by atoms with van der Waals surface area (Å²) in [6, 6.07) is 17.0. The number of carbonyl (C=O) groups excluding carboxylic acids is 1. The van der Waals surface area contributed by atoms with Gasteiger partial charge in [-0.2, -0.15) is 0 Å². The van der Waals surface area contributed by atoms with Gasteiger partial charge in [-0.15, -0.1) is 0 Å². The quantitative estimate of drug-likeness (QED) is 0.579. The number of methoxy groups -OCH3 is 1. The van der Waals surface area contributed by atoms with Crippen LogP contribution in [0.25, 0.3) is 16.7 Å². The number of hydrogen-bond donors (Lipinski definition) is 0. The molecule has 3 heteroatoms. The standard InChI is InChI=1S/C21H21NO2/c1-24-21(23)22-14-8-2-3-13-19(22)20-17-11-6-4-9-15(17)16-10-5-7-12-18(16)20/h4-7,9-12H,2-3,8,13-14H2,1H3. The fourth-order valence-electron chi connectivity index (χ4n) is 3.91. The summed E-state index contributed by atoms with van der Waals surface area (Å²) in [4.78, 5) is 14.2. The van der Waals surface area contributed by atoms with Gasteiger partial charge in [0.2, 0.25) is 0 Å². The Labute approximate surface area is 142 Å². The Bertz CT molecular complexity index is 775. The minimum atomic E-state index is -0.249. The zero-order valence-corrected chi connectivity index (χ0v) is 13.9. The van der Waals surface area contributed by atoms with Crippen LogP contribution in [-0.2, 0) is 4.74 Å². The first kappa shape index (κ1) is 15.0. The molecule has 4 rings (SSSR count). The molecule has 0 N–H and O–H groups in total. The van der Waals surface area contributed by atoms with Gasteiger partial charge in [-0.3, -0.25) is 4.90 Å². The highest BCUT2D eigenvalue weighted by molar-refractivity contribution is 6.02. The average molecular weight is 319 g/mol. The molecule has 1 heterocycles. The van der Waals surface area contributed by atoms with E-state index in [2.05, 4.69) is 48.5 Å². The fraction of sp³-hybridized carbons (Fsp3) is 0.286. The lowest BCUT2D eigenvalue weighted by atomic mass is 9.99. The van der Waals surface area contributed by atoms with Crippen molar-refractivity contribution in [1.82, 2.24) is 4.90 Å². The van der Waals surface area contributed by atoms with E-state index in [0.717, 1.165) is 37.9 Å². The summed E-state index contributed by atoms with van der Waals surface area (Å²) in [6.45, 7) is 0.732.